The Balaban J connectivity index is 1.88. The number of benzene rings is 1. The van der Waals surface area contributed by atoms with E-state index in [4.69, 9.17) is 22.1 Å². The van der Waals surface area contributed by atoms with Gasteiger partial charge in [0.05, 0.1) is 13.2 Å². The van der Waals surface area contributed by atoms with Gasteiger partial charge in [-0.2, -0.15) is 5.11 Å². The number of thiocarbonyl (C=S) groups is 1. The van der Waals surface area contributed by atoms with E-state index in [0.29, 0.717) is 0 Å². The summed E-state index contributed by atoms with van der Waals surface area (Å²) in [4.78, 5) is 0. The molecule has 1 aromatic rings. The van der Waals surface area contributed by atoms with Crippen molar-refractivity contribution in [2.45, 2.75) is 37.2 Å². The van der Waals surface area contributed by atoms with E-state index in [9.17, 15) is 20.4 Å². The predicted octanol–water partition coefficient (Wildman–Crippen LogP) is -0.981. The number of nitrogens with one attached hydrogen (secondary N) is 1. The molecule has 6 N–H and O–H groups in total. The molecule has 1 aliphatic rings. The number of rotatable bonds is 4. The van der Waals surface area contributed by atoms with E-state index in [0.717, 1.165) is 5.56 Å². The van der Waals surface area contributed by atoms with Crippen LogP contribution in [0.25, 0.3) is 0 Å². The quantitative estimate of drug-likeness (QED) is 0.298. The van der Waals surface area contributed by atoms with Crippen molar-refractivity contribution in [2.75, 3.05) is 6.61 Å². The van der Waals surface area contributed by atoms with E-state index in [2.05, 4.69) is 15.5 Å². The summed E-state index contributed by atoms with van der Waals surface area (Å²) < 4.78 is 5.24. The van der Waals surface area contributed by atoms with Gasteiger partial charge >= 0.3 is 0 Å². The van der Waals surface area contributed by atoms with Crippen molar-refractivity contribution in [1.82, 2.24) is 5.32 Å². The summed E-state index contributed by atoms with van der Waals surface area (Å²) >= 11 is 4.96. The minimum absolute atomic E-state index is 0.0851. The highest BCUT2D eigenvalue weighted by molar-refractivity contribution is 7.80. The lowest BCUT2D eigenvalue weighted by Crippen LogP contribution is -2.62. The molecule has 0 bridgehead atoms. The molecule has 0 unspecified atom stereocenters. The zero-order valence-electron chi connectivity index (χ0n) is 12.6. The Morgan fingerprint density at radius 3 is 2.42 bits per heavy atom. The van der Waals surface area contributed by atoms with Crippen LogP contribution < -0.4 is 5.32 Å². The van der Waals surface area contributed by atoms with Crippen molar-refractivity contribution in [3.05, 3.63) is 29.8 Å². The van der Waals surface area contributed by atoms with Crippen LogP contribution >= 0.6 is 12.2 Å². The lowest BCUT2D eigenvalue weighted by molar-refractivity contribution is -0.232. The molecule has 2 rings (SSSR count). The zero-order valence-corrected chi connectivity index (χ0v) is 13.4. The Morgan fingerprint density at radius 2 is 1.79 bits per heavy atom. The van der Waals surface area contributed by atoms with Gasteiger partial charge in [-0.25, -0.2) is 0 Å². The third-order valence-corrected chi connectivity index (χ3v) is 3.71. The molecule has 0 saturated carbocycles. The molecule has 0 aromatic heterocycles. The van der Waals surface area contributed by atoms with Gasteiger partial charge in [0.1, 0.15) is 30.2 Å². The average Bonchev–Trinajstić information content (AvgIpc) is 2.57. The summed E-state index contributed by atoms with van der Waals surface area (Å²) in [6, 6.07) is 6.41. The Labute approximate surface area is 143 Å². The van der Waals surface area contributed by atoms with Crippen molar-refractivity contribution < 1.29 is 30.3 Å². The molecular formula is C14H19N3O6S. The summed E-state index contributed by atoms with van der Waals surface area (Å²) in [5, 5.41) is 57.6. The second-order valence-electron chi connectivity index (χ2n) is 5.26. The first-order valence-electron chi connectivity index (χ1n) is 7.18. The van der Waals surface area contributed by atoms with Crippen molar-refractivity contribution in [1.29, 1.82) is 0 Å². The van der Waals surface area contributed by atoms with Crippen molar-refractivity contribution >= 4 is 17.3 Å². The van der Waals surface area contributed by atoms with Gasteiger partial charge in [-0.15, -0.1) is 5.11 Å². The molecular weight excluding hydrogens is 338 g/mol. The number of ether oxygens (including phenoxy) is 1. The number of hydrogen-bond donors (Lipinski definition) is 6. The lowest BCUT2D eigenvalue weighted by atomic mass is 9.98. The first-order valence-corrected chi connectivity index (χ1v) is 7.59. The van der Waals surface area contributed by atoms with Crippen LogP contribution in [0.4, 0.5) is 0 Å². The molecule has 0 amide bonds. The molecule has 0 aliphatic carbocycles. The predicted molar refractivity (Wildman–Crippen MR) is 86.2 cm³/mol. The number of aromatic hydroxyl groups is 1. The number of aliphatic hydroxyl groups excluding tert-OH is 4. The monoisotopic (exact) mass is 357 g/mol. The van der Waals surface area contributed by atoms with Gasteiger partial charge in [0.15, 0.2) is 6.23 Å². The van der Waals surface area contributed by atoms with Gasteiger partial charge in [0.25, 0.3) is 0 Å². The topological polar surface area (TPSA) is 147 Å². The average molecular weight is 357 g/mol. The smallest absolute Gasteiger partial charge is 0.215 e. The normalized spacial score (nSPS) is 30.4. The maximum absolute atomic E-state index is 9.86. The molecule has 1 saturated heterocycles. The van der Waals surface area contributed by atoms with E-state index in [-0.39, 0.29) is 17.4 Å². The molecule has 1 aromatic carbocycles. The van der Waals surface area contributed by atoms with E-state index in [1.165, 1.54) is 12.1 Å². The van der Waals surface area contributed by atoms with E-state index in [1.54, 1.807) is 12.1 Å². The van der Waals surface area contributed by atoms with Crippen LogP contribution in [-0.2, 0) is 11.3 Å². The van der Waals surface area contributed by atoms with Crippen LogP contribution in [0.5, 0.6) is 5.75 Å². The minimum Gasteiger partial charge on any atom is -0.508 e. The second kappa shape index (κ2) is 8.42. The fraction of sp³-hybridized carbons (Fsp3) is 0.500. The highest BCUT2D eigenvalue weighted by atomic mass is 32.1. The summed E-state index contributed by atoms with van der Waals surface area (Å²) in [5.41, 5.74) is 0.812. The van der Waals surface area contributed by atoms with E-state index in [1.807, 2.05) is 0 Å². The van der Waals surface area contributed by atoms with Crippen LogP contribution in [0.15, 0.2) is 34.5 Å². The first kappa shape index (κ1) is 18.6. The van der Waals surface area contributed by atoms with Gasteiger partial charge in [0, 0.05) is 0 Å². The summed E-state index contributed by atoms with van der Waals surface area (Å²) in [6.07, 6.45) is -6.55. The van der Waals surface area contributed by atoms with Crippen LogP contribution in [0, 0.1) is 0 Å². The van der Waals surface area contributed by atoms with Crippen LogP contribution in [0.2, 0.25) is 0 Å². The molecule has 132 valence electrons. The number of phenolic OH excluding ortho intramolecular Hbond substituents is 1. The molecule has 9 nitrogen and oxygen atoms in total. The van der Waals surface area contributed by atoms with Crippen molar-refractivity contribution in [3.8, 4) is 5.75 Å². The Morgan fingerprint density at radius 1 is 1.12 bits per heavy atom. The SMILES string of the molecule is OC[C@H]1O[C@@H](NC(=S)N=NCc2ccc(O)cc2)[C@H](O)[C@@H](O)[C@@H]1O. The molecule has 10 heteroatoms. The van der Waals surface area contributed by atoms with Gasteiger partial charge in [-0.05, 0) is 29.9 Å². The number of hydrogen-bond acceptors (Lipinski definition) is 8. The summed E-state index contributed by atoms with van der Waals surface area (Å²) in [7, 11) is 0. The Hall–Kier alpha value is -1.69. The number of azo groups is 1. The number of phenols is 1. The molecule has 1 aliphatic heterocycles. The standard InChI is InChI=1S/C14H19N3O6S/c18-6-9-10(20)11(21)12(22)13(23-9)16-14(24)17-15-5-7-1-3-8(19)4-2-7/h1-4,9-13,18-22H,5-6H2,(H,16,24)/t9-,10-,11+,12-,13-/m1/s1. The molecule has 1 heterocycles. The number of nitrogens with zero attached hydrogens (tertiary/aromatic N) is 2. The highest BCUT2D eigenvalue weighted by Gasteiger charge is 2.43. The van der Waals surface area contributed by atoms with Gasteiger partial charge < -0.3 is 35.6 Å². The maximum atomic E-state index is 9.86. The number of aliphatic hydroxyl groups is 4. The highest BCUT2D eigenvalue weighted by Crippen LogP contribution is 2.19. The third-order valence-electron chi connectivity index (χ3n) is 3.51. The van der Waals surface area contributed by atoms with Crippen LogP contribution in [0.1, 0.15) is 5.56 Å². The summed E-state index contributed by atoms with van der Waals surface area (Å²) in [6.45, 7) is -0.297. The maximum Gasteiger partial charge on any atom is 0.215 e. The molecule has 1 fully saturated rings. The fourth-order valence-corrected chi connectivity index (χ4v) is 2.33. The van der Waals surface area contributed by atoms with Crippen molar-refractivity contribution in [2.24, 2.45) is 10.2 Å². The Bertz CT molecular complexity index is 582. The lowest BCUT2D eigenvalue weighted by Gasteiger charge is -2.40. The largest absolute Gasteiger partial charge is 0.508 e. The van der Waals surface area contributed by atoms with Gasteiger partial charge in [-0.3, -0.25) is 0 Å². The summed E-state index contributed by atoms with van der Waals surface area (Å²) in [5.74, 6) is 0.149. The van der Waals surface area contributed by atoms with E-state index >= 15 is 0 Å². The van der Waals surface area contributed by atoms with E-state index < -0.39 is 37.3 Å². The third kappa shape index (κ3) is 4.66. The molecule has 0 spiro atoms. The minimum atomic E-state index is -1.50. The van der Waals surface area contributed by atoms with Gasteiger partial charge in [0.2, 0.25) is 5.11 Å². The van der Waals surface area contributed by atoms with Crippen LogP contribution in [0.3, 0.4) is 0 Å². The second-order valence-corrected chi connectivity index (χ2v) is 5.65. The zero-order chi connectivity index (χ0) is 17.7. The Kier molecular flexibility index (Phi) is 6.54. The van der Waals surface area contributed by atoms with Crippen LogP contribution in [-0.4, -0.2) is 67.9 Å². The van der Waals surface area contributed by atoms with Gasteiger partial charge in [-0.1, -0.05) is 12.1 Å². The fourth-order valence-electron chi connectivity index (χ4n) is 2.15. The molecule has 24 heavy (non-hydrogen) atoms. The molecule has 5 atom stereocenters. The van der Waals surface area contributed by atoms with Crippen molar-refractivity contribution in [3.63, 3.8) is 0 Å². The molecule has 0 radical (unpaired) electrons. The first-order chi connectivity index (χ1) is 11.4.